The Labute approximate surface area is 168 Å². The first-order valence-electron chi connectivity index (χ1n) is 9.72. The number of non-ortho nitro benzene ring substituents is 1. The quantitative estimate of drug-likeness (QED) is 0.508. The van der Waals surface area contributed by atoms with Gasteiger partial charge >= 0.3 is 0 Å². The van der Waals surface area contributed by atoms with Gasteiger partial charge in [0.25, 0.3) is 11.6 Å². The van der Waals surface area contributed by atoms with Crippen LogP contribution in [-0.2, 0) is 5.41 Å². The van der Waals surface area contributed by atoms with Crippen LogP contribution in [0.3, 0.4) is 0 Å². The first kappa shape index (κ1) is 18.9. The van der Waals surface area contributed by atoms with Gasteiger partial charge < -0.3 is 5.32 Å². The molecular weight excluding hydrogens is 368 g/mol. The molecule has 1 aliphatic rings. The Morgan fingerprint density at radius 2 is 1.86 bits per heavy atom. The molecule has 4 rings (SSSR count). The normalized spacial score (nSPS) is 15.2. The minimum atomic E-state index is -0.453. The van der Waals surface area contributed by atoms with Gasteiger partial charge in [0.15, 0.2) is 5.69 Å². The van der Waals surface area contributed by atoms with Crippen LogP contribution in [0.5, 0.6) is 0 Å². The lowest BCUT2D eigenvalue weighted by molar-refractivity contribution is -0.384. The highest BCUT2D eigenvalue weighted by Crippen LogP contribution is 2.40. The van der Waals surface area contributed by atoms with Crippen LogP contribution in [0.15, 0.2) is 66.9 Å². The first-order valence-corrected chi connectivity index (χ1v) is 9.72. The molecule has 1 fully saturated rings. The summed E-state index contributed by atoms with van der Waals surface area (Å²) in [5.74, 6) is -0.239. The molecule has 1 aliphatic carbocycles. The number of nitrogens with zero attached hydrogens (tertiary/aromatic N) is 3. The number of aromatic nitrogens is 2. The highest BCUT2D eigenvalue weighted by molar-refractivity contribution is 5.92. The minimum absolute atomic E-state index is 0.0185. The van der Waals surface area contributed by atoms with Gasteiger partial charge in [-0.25, -0.2) is 4.68 Å². The molecule has 7 heteroatoms. The van der Waals surface area contributed by atoms with Crippen molar-refractivity contribution in [3.63, 3.8) is 0 Å². The molecular formula is C22H22N4O3. The summed E-state index contributed by atoms with van der Waals surface area (Å²) in [6.45, 7) is 0.569. The van der Waals surface area contributed by atoms with Crippen molar-refractivity contribution in [2.75, 3.05) is 6.54 Å². The van der Waals surface area contributed by atoms with Gasteiger partial charge in [-0.15, -0.1) is 0 Å². The van der Waals surface area contributed by atoms with Crippen molar-refractivity contribution in [3.8, 4) is 5.69 Å². The van der Waals surface area contributed by atoms with Crippen molar-refractivity contribution in [1.29, 1.82) is 0 Å². The average molecular weight is 390 g/mol. The van der Waals surface area contributed by atoms with Crippen LogP contribution >= 0.6 is 0 Å². The van der Waals surface area contributed by atoms with E-state index in [1.165, 1.54) is 22.4 Å². The van der Waals surface area contributed by atoms with Crippen LogP contribution in [-0.4, -0.2) is 27.2 Å². The second kappa shape index (κ2) is 7.87. The Morgan fingerprint density at radius 1 is 1.10 bits per heavy atom. The van der Waals surface area contributed by atoms with E-state index in [1.807, 2.05) is 18.2 Å². The molecule has 1 N–H and O–H groups in total. The highest BCUT2D eigenvalue weighted by Gasteiger charge is 2.35. The maximum absolute atomic E-state index is 12.7. The van der Waals surface area contributed by atoms with E-state index in [0.717, 1.165) is 25.7 Å². The Kier molecular flexibility index (Phi) is 5.12. The van der Waals surface area contributed by atoms with Gasteiger partial charge in [0.05, 0.1) is 10.6 Å². The number of hydrogen-bond acceptors (Lipinski definition) is 4. The maximum atomic E-state index is 12.7. The Balaban J connectivity index is 1.48. The van der Waals surface area contributed by atoms with Crippen molar-refractivity contribution < 1.29 is 9.72 Å². The molecule has 0 spiro atoms. The summed E-state index contributed by atoms with van der Waals surface area (Å²) >= 11 is 0. The minimum Gasteiger partial charge on any atom is -0.350 e. The van der Waals surface area contributed by atoms with E-state index in [0.29, 0.717) is 12.2 Å². The third-order valence-corrected chi connectivity index (χ3v) is 5.66. The van der Waals surface area contributed by atoms with Gasteiger partial charge in [0.2, 0.25) is 0 Å². The van der Waals surface area contributed by atoms with Crippen LogP contribution in [0.2, 0.25) is 0 Å². The molecule has 1 aromatic heterocycles. The summed E-state index contributed by atoms with van der Waals surface area (Å²) in [6.07, 6.45) is 6.06. The Bertz CT molecular complexity index is 1020. The molecule has 1 heterocycles. The van der Waals surface area contributed by atoms with E-state index in [-0.39, 0.29) is 22.7 Å². The van der Waals surface area contributed by atoms with E-state index in [4.69, 9.17) is 0 Å². The summed E-state index contributed by atoms with van der Waals surface area (Å²) in [6, 6.07) is 18.1. The predicted octanol–water partition coefficient (Wildman–Crippen LogP) is 4.02. The second-order valence-electron chi connectivity index (χ2n) is 7.46. The van der Waals surface area contributed by atoms with E-state index in [9.17, 15) is 14.9 Å². The average Bonchev–Trinajstić information content (AvgIpc) is 3.44. The summed E-state index contributed by atoms with van der Waals surface area (Å²) in [4.78, 5) is 23.2. The number of nitro groups is 1. The van der Waals surface area contributed by atoms with Crippen LogP contribution in [0.25, 0.3) is 5.69 Å². The molecule has 1 amide bonds. The molecule has 148 valence electrons. The van der Waals surface area contributed by atoms with Gasteiger partial charge in [-0.05, 0) is 30.5 Å². The van der Waals surface area contributed by atoms with E-state index >= 15 is 0 Å². The zero-order valence-electron chi connectivity index (χ0n) is 16.0. The number of nitro benzene ring substituents is 1. The van der Waals surface area contributed by atoms with Crippen LogP contribution in [0, 0.1) is 10.1 Å². The number of amides is 1. The van der Waals surface area contributed by atoms with Crippen LogP contribution in [0.1, 0.15) is 41.7 Å². The number of benzene rings is 2. The molecule has 7 nitrogen and oxygen atoms in total. The molecule has 3 aromatic rings. The predicted molar refractivity (Wildman–Crippen MR) is 109 cm³/mol. The lowest BCUT2D eigenvalue weighted by atomic mass is 9.79. The lowest BCUT2D eigenvalue weighted by Gasteiger charge is -2.29. The van der Waals surface area contributed by atoms with Gasteiger partial charge in [-0.2, -0.15) is 5.10 Å². The van der Waals surface area contributed by atoms with Crippen LogP contribution < -0.4 is 5.32 Å². The number of carbonyl (C=O) groups excluding carboxylic acids is 1. The fraction of sp³-hybridized carbons (Fsp3) is 0.273. The number of carbonyl (C=O) groups is 1. The standard InChI is InChI=1S/C22H22N4O3/c27-21(23-16-22(12-4-5-13-22)17-7-2-1-3-8-17)20-11-14-25(24-20)18-9-6-10-19(15-18)26(28)29/h1-3,6-11,14-15H,4-5,12-13,16H2,(H,23,27). The molecule has 29 heavy (non-hydrogen) atoms. The van der Waals surface area contributed by atoms with Crippen molar-refractivity contribution in [2.45, 2.75) is 31.1 Å². The second-order valence-corrected chi connectivity index (χ2v) is 7.46. The van der Waals surface area contributed by atoms with Crippen molar-refractivity contribution >= 4 is 11.6 Å². The number of rotatable bonds is 6. The molecule has 0 atom stereocenters. The topological polar surface area (TPSA) is 90.1 Å². The third-order valence-electron chi connectivity index (χ3n) is 5.66. The molecule has 0 aliphatic heterocycles. The molecule has 2 aromatic carbocycles. The zero-order chi connectivity index (χ0) is 20.3. The summed E-state index contributed by atoms with van der Waals surface area (Å²) in [5.41, 5.74) is 2.04. The van der Waals surface area contributed by atoms with Gasteiger partial charge in [-0.3, -0.25) is 14.9 Å². The number of nitrogens with one attached hydrogen (secondary N) is 1. The molecule has 0 unspecified atom stereocenters. The van der Waals surface area contributed by atoms with Gasteiger partial charge in [-0.1, -0.05) is 49.2 Å². The summed E-state index contributed by atoms with van der Waals surface area (Å²) in [5, 5.41) is 18.3. The van der Waals surface area contributed by atoms with Crippen LogP contribution in [0.4, 0.5) is 5.69 Å². The fourth-order valence-electron chi connectivity index (χ4n) is 4.09. The van der Waals surface area contributed by atoms with E-state index < -0.39 is 4.92 Å². The summed E-state index contributed by atoms with van der Waals surface area (Å²) < 4.78 is 1.48. The fourth-order valence-corrected chi connectivity index (χ4v) is 4.09. The molecule has 0 saturated heterocycles. The van der Waals surface area contributed by atoms with Gasteiger partial charge in [0, 0.05) is 30.3 Å². The lowest BCUT2D eigenvalue weighted by Crippen LogP contribution is -2.39. The zero-order valence-corrected chi connectivity index (χ0v) is 16.0. The highest BCUT2D eigenvalue weighted by atomic mass is 16.6. The maximum Gasteiger partial charge on any atom is 0.271 e. The Morgan fingerprint density at radius 3 is 2.59 bits per heavy atom. The van der Waals surface area contributed by atoms with Crippen molar-refractivity contribution in [1.82, 2.24) is 15.1 Å². The summed E-state index contributed by atoms with van der Waals surface area (Å²) in [7, 11) is 0. The van der Waals surface area contributed by atoms with Crippen molar-refractivity contribution in [3.05, 3.63) is 88.2 Å². The van der Waals surface area contributed by atoms with E-state index in [1.54, 1.807) is 24.4 Å². The van der Waals surface area contributed by atoms with Gasteiger partial charge in [0.1, 0.15) is 0 Å². The largest absolute Gasteiger partial charge is 0.350 e. The molecule has 1 saturated carbocycles. The SMILES string of the molecule is O=C(NCC1(c2ccccc2)CCCC1)c1ccn(-c2cccc([N+](=O)[O-])c2)n1. The number of hydrogen-bond donors (Lipinski definition) is 1. The monoisotopic (exact) mass is 390 g/mol. The van der Waals surface area contributed by atoms with Crippen molar-refractivity contribution in [2.24, 2.45) is 0 Å². The molecule has 0 bridgehead atoms. The smallest absolute Gasteiger partial charge is 0.271 e. The Hall–Kier alpha value is -3.48. The third kappa shape index (κ3) is 3.89. The van der Waals surface area contributed by atoms with E-state index in [2.05, 4.69) is 22.5 Å². The first-order chi connectivity index (χ1) is 14.1. The molecule has 0 radical (unpaired) electrons.